The second kappa shape index (κ2) is 7.74. The molecule has 7 heteroatoms. The number of nitrogens with zero attached hydrogens (tertiary/aromatic N) is 3. The summed E-state index contributed by atoms with van der Waals surface area (Å²) < 4.78 is 0. The molecule has 0 saturated carbocycles. The monoisotopic (exact) mass is 342 g/mol. The normalized spacial score (nSPS) is 11.7. The second-order valence-corrected chi connectivity index (χ2v) is 5.99. The van der Waals surface area contributed by atoms with Gasteiger partial charge in [-0.05, 0) is 43.7 Å². The summed E-state index contributed by atoms with van der Waals surface area (Å²) in [7, 11) is 3.45. The number of amides is 1. The van der Waals surface area contributed by atoms with Crippen LogP contribution in [0.1, 0.15) is 29.4 Å². The number of rotatable bonds is 6. The molecule has 0 radical (unpaired) electrons. The lowest BCUT2D eigenvalue weighted by Gasteiger charge is -2.29. The van der Waals surface area contributed by atoms with E-state index in [-0.39, 0.29) is 24.1 Å². The Labute approximate surface area is 146 Å². The van der Waals surface area contributed by atoms with Crippen molar-refractivity contribution in [3.05, 3.63) is 63.5 Å². The number of nitrogens with one attached hydrogen (secondary N) is 1. The molecule has 0 aliphatic heterocycles. The number of benzene rings is 1. The van der Waals surface area contributed by atoms with Gasteiger partial charge in [-0.15, -0.1) is 0 Å². The van der Waals surface area contributed by atoms with Crippen LogP contribution < -0.4 is 10.2 Å². The van der Waals surface area contributed by atoms with Gasteiger partial charge in [0.15, 0.2) is 0 Å². The van der Waals surface area contributed by atoms with Crippen molar-refractivity contribution in [1.82, 2.24) is 10.3 Å². The van der Waals surface area contributed by atoms with Crippen molar-refractivity contribution in [3.8, 4) is 0 Å². The van der Waals surface area contributed by atoms with E-state index in [0.717, 1.165) is 22.6 Å². The molecule has 1 atom stereocenters. The van der Waals surface area contributed by atoms with Gasteiger partial charge in [-0.3, -0.25) is 19.9 Å². The van der Waals surface area contributed by atoms with Gasteiger partial charge >= 0.3 is 0 Å². The van der Waals surface area contributed by atoms with Crippen LogP contribution >= 0.6 is 0 Å². The van der Waals surface area contributed by atoms with E-state index in [1.807, 2.05) is 37.9 Å². The second-order valence-electron chi connectivity index (χ2n) is 5.99. The number of nitro benzene ring substituents is 1. The molecule has 1 N–H and O–H groups in total. The van der Waals surface area contributed by atoms with Gasteiger partial charge in [-0.2, -0.15) is 0 Å². The van der Waals surface area contributed by atoms with E-state index in [4.69, 9.17) is 0 Å². The number of carbonyl (C=O) groups is 1. The Morgan fingerprint density at radius 2 is 1.92 bits per heavy atom. The van der Waals surface area contributed by atoms with Crippen molar-refractivity contribution >= 4 is 17.3 Å². The zero-order valence-corrected chi connectivity index (χ0v) is 14.8. The number of non-ortho nitro benzene ring substituents is 1. The molecule has 1 amide bonds. The Bertz CT molecular complexity index is 754. The topological polar surface area (TPSA) is 88.4 Å². The first-order valence-electron chi connectivity index (χ1n) is 7.95. The molecule has 1 unspecified atom stereocenters. The summed E-state index contributed by atoms with van der Waals surface area (Å²) in [5.41, 5.74) is 3.56. The minimum Gasteiger partial charge on any atom is -0.365 e. The third-order valence-electron chi connectivity index (χ3n) is 4.05. The summed E-state index contributed by atoms with van der Waals surface area (Å²) >= 11 is 0. The van der Waals surface area contributed by atoms with Gasteiger partial charge in [-0.1, -0.05) is 0 Å². The number of hydrogen-bond donors (Lipinski definition) is 1. The maximum Gasteiger partial charge on any atom is 0.269 e. The highest BCUT2D eigenvalue weighted by Gasteiger charge is 2.23. The molecular formula is C18H22N4O3. The fourth-order valence-electron chi connectivity index (χ4n) is 2.75. The van der Waals surface area contributed by atoms with Crippen molar-refractivity contribution in [3.63, 3.8) is 0 Å². The van der Waals surface area contributed by atoms with E-state index in [2.05, 4.69) is 10.3 Å². The van der Waals surface area contributed by atoms with E-state index in [9.17, 15) is 14.9 Å². The lowest BCUT2D eigenvalue weighted by atomic mass is 10.0. The molecule has 1 aromatic heterocycles. The molecule has 2 rings (SSSR count). The number of aromatic nitrogens is 1. The minimum atomic E-state index is -0.433. The predicted octanol–water partition coefficient (Wildman–Crippen LogP) is 2.92. The summed E-state index contributed by atoms with van der Waals surface area (Å²) in [4.78, 5) is 28.9. The third kappa shape index (κ3) is 4.53. The molecule has 1 aromatic carbocycles. The zero-order valence-electron chi connectivity index (χ0n) is 14.8. The van der Waals surface area contributed by atoms with E-state index in [1.165, 1.54) is 12.1 Å². The molecule has 0 fully saturated rings. The average molecular weight is 342 g/mol. The first kappa shape index (κ1) is 18.4. The zero-order chi connectivity index (χ0) is 18.6. The van der Waals surface area contributed by atoms with Crippen molar-refractivity contribution in [1.29, 1.82) is 0 Å². The fourth-order valence-corrected chi connectivity index (χ4v) is 2.75. The largest absolute Gasteiger partial charge is 0.365 e. The Kier molecular flexibility index (Phi) is 5.69. The van der Waals surface area contributed by atoms with Gasteiger partial charge in [0.25, 0.3) is 5.69 Å². The quantitative estimate of drug-likeness (QED) is 0.644. The lowest BCUT2D eigenvalue weighted by Crippen LogP contribution is -2.31. The van der Waals surface area contributed by atoms with Crippen LogP contribution in [-0.4, -0.2) is 29.9 Å². The van der Waals surface area contributed by atoms with Crippen molar-refractivity contribution < 1.29 is 9.72 Å². The summed E-state index contributed by atoms with van der Waals surface area (Å²) in [5, 5.41) is 13.5. The molecule has 25 heavy (non-hydrogen) atoms. The van der Waals surface area contributed by atoms with Gasteiger partial charge < -0.3 is 10.2 Å². The van der Waals surface area contributed by atoms with Gasteiger partial charge in [-0.25, -0.2) is 0 Å². The van der Waals surface area contributed by atoms with Gasteiger partial charge in [0.2, 0.25) is 5.91 Å². The molecule has 132 valence electrons. The Hall–Kier alpha value is -2.96. The molecule has 7 nitrogen and oxygen atoms in total. The van der Waals surface area contributed by atoms with E-state index in [1.54, 1.807) is 19.2 Å². The summed E-state index contributed by atoms with van der Waals surface area (Å²) in [6.07, 6.45) is 0.236. The highest BCUT2D eigenvalue weighted by molar-refractivity contribution is 5.77. The lowest BCUT2D eigenvalue weighted by molar-refractivity contribution is -0.384. The molecule has 0 aliphatic rings. The summed E-state index contributed by atoms with van der Waals surface area (Å²) in [5.74, 6) is -0.0975. The summed E-state index contributed by atoms with van der Waals surface area (Å²) in [6.45, 7) is 3.90. The van der Waals surface area contributed by atoms with E-state index < -0.39 is 4.92 Å². The molecule has 0 aliphatic carbocycles. The Balaban J connectivity index is 2.39. The number of nitro groups is 1. The van der Waals surface area contributed by atoms with Crippen LogP contribution in [0, 0.1) is 24.0 Å². The predicted molar refractivity (Wildman–Crippen MR) is 96.6 cm³/mol. The van der Waals surface area contributed by atoms with Crippen molar-refractivity contribution in [2.45, 2.75) is 26.3 Å². The van der Waals surface area contributed by atoms with Crippen LogP contribution in [-0.2, 0) is 4.79 Å². The van der Waals surface area contributed by atoms with E-state index >= 15 is 0 Å². The number of anilines is 1. The highest BCUT2D eigenvalue weighted by atomic mass is 16.6. The van der Waals surface area contributed by atoms with Gasteiger partial charge in [0, 0.05) is 37.6 Å². The number of carbonyl (C=O) groups excluding carboxylic acids is 1. The van der Waals surface area contributed by atoms with Crippen LogP contribution in [0.25, 0.3) is 0 Å². The van der Waals surface area contributed by atoms with Crippen LogP contribution in [0.4, 0.5) is 11.4 Å². The molecule has 0 bridgehead atoms. The average Bonchev–Trinajstić information content (AvgIpc) is 2.58. The minimum absolute atomic E-state index is 0.0320. The van der Waals surface area contributed by atoms with Crippen LogP contribution in [0.15, 0.2) is 36.4 Å². The van der Waals surface area contributed by atoms with Crippen LogP contribution in [0.2, 0.25) is 0 Å². The van der Waals surface area contributed by atoms with Crippen LogP contribution in [0.5, 0.6) is 0 Å². The maximum atomic E-state index is 12.0. The highest BCUT2D eigenvalue weighted by Crippen LogP contribution is 2.29. The Morgan fingerprint density at radius 1 is 1.28 bits per heavy atom. The fraction of sp³-hybridized carbons (Fsp3) is 0.333. The molecule has 1 heterocycles. The first-order chi connectivity index (χ1) is 11.8. The van der Waals surface area contributed by atoms with Gasteiger partial charge in [0.05, 0.1) is 23.1 Å². The smallest absolute Gasteiger partial charge is 0.269 e. The standard InChI is InChI=1S/C18H22N4O3/c1-12-9-13(2)20-16(10-12)17(11-18(23)19-3)21(4)14-5-7-15(8-6-14)22(24)25/h5-10,17H,11H2,1-4H3,(H,19,23). The molecule has 2 aromatic rings. The molecular weight excluding hydrogens is 320 g/mol. The number of pyridine rings is 1. The molecule has 0 saturated heterocycles. The molecule has 0 spiro atoms. The van der Waals surface area contributed by atoms with Crippen LogP contribution in [0.3, 0.4) is 0 Å². The van der Waals surface area contributed by atoms with Crippen molar-refractivity contribution in [2.24, 2.45) is 0 Å². The number of hydrogen-bond acceptors (Lipinski definition) is 5. The summed E-state index contributed by atoms with van der Waals surface area (Å²) in [6, 6.07) is 9.93. The Morgan fingerprint density at radius 3 is 2.44 bits per heavy atom. The van der Waals surface area contributed by atoms with Crippen molar-refractivity contribution in [2.75, 3.05) is 19.0 Å². The SMILES string of the molecule is CNC(=O)CC(c1cc(C)cc(C)n1)N(C)c1ccc([N+](=O)[O-])cc1. The van der Waals surface area contributed by atoms with Gasteiger partial charge in [0.1, 0.15) is 0 Å². The maximum absolute atomic E-state index is 12.0. The third-order valence-corrected chi connectivity index (χ3v) is 4.05. The number of aryl methyl sites for hydroxylation is 2. The first-order valence-corrected chi connectivity index (χ1v) is 7.95. The van der Waals surface area contributed by atoms with E-state index in [0.29, 0.717) is 0 Å².